The van der Waals surface area contributed by atoms with Crippen molar-refractivity contribution >= 4 is 29.3 Å². The van der Waals surface area contributed by atoms with Gasteiger partial charge in [0.15, 0.2) is 0 Å². The summed E-state index contributed by atoms with van der Waals surface area (Å²) in [5, 5.41) is 2.83. The highest BCUT2D eigenvalue weighted by Gasteiger charge is 2.06. The number of nitrogens with one attached hydrogen (secondary N) is 1. The highest BCUT2D eigenvalue weighted by Crippen LogP contribution is 2.27. The molecule has 0 spiro atoms. The quantitative estimate of drug-likeness (QED) is 0.369. The molecule has 0 aromatic heterocycles. The summed E-state index contributed by atoms with van der Waals surface area (Å²) in [7, 11) is 1.31. The molecule has 0 radical (unpaired) electrons. The Balaban J connectivity index is 1.67. The molecule has 0 aliphatic heterocycles. The average molecular weight is 388 g/mol. The fourth-order valence-corrected chi connectivity index (χ4v) is 2.52. The maximum Gasteiger partial charge on any atom is 0.330 e. The van der Waals surface area contributed by atoms with E-state index in [9.17, 15) is 9.59 Å². The third-order valence-corrected chi connectivity index (χ3v) is 4.04. The Bertz CT molecular complexity index is 1030. The predicted molar refractivity (Wildman–Crippen MR) is 113 cm³/mol. The van der Waals surface area contributed by atoms with Crippen LogP contribution in [0.15, 0.2) is 78.9 Å². The summed E-state index contributed by atoms with van der Waals surface area (Å²) in [6.07, 6.45) is 2.86. The number of benzene rings is 3. The SMILES string of the molecule is COC(=O)C=Cc1cc(Oc2ccc(NC(=O)c3ccccc3)cc2)ccc1N. The minimum absolute atomic E-state index is 0.181. The second-order valence-electron chi connectivity index (χ2n) is 6.09. The van der Waals surface area contributed by atoms with Crippen molar-refractivity contribution in [1.29, 1.82) is 0 Å². The minimum Gasteiger partial charge on any atom is -0.466 e. The van der Waals surface area contributed by atoms with E-state index in [4.69, 9.17) is 10.5 Å². The molecular formula is C23H20N2O4. The van der Waals surface area contributed by atoms with Crippen LogP contribution in [-0.4, -0.2) is 19.0 Å². The zero-order valence-corrected chi connectivity index (χ0v) is 15.8. The standard InChI is InChI=1S/C23H20N2O4/c1-28-22(26)14-7-17-15-20(12-13-21(17)24)29-19-10-8-18(9-11-19)25-23(27)16-5-3-2-4-6-16/h2-15H,24H2,1H3,(H,25,27). The Morgan fingerprint density at radius 1 is 0.931 bits per heavy atom. The summed E-state index contributed by atoms with van der Waals surface area (Å²) in [6.45, 7) is 0. The normalized spacial score (nSPS) is 10.5. The topological polar surface area (TPSA) is 90.6 Å². The van der Waals surface area contributed by atoms with Crippen molar-refractivity contribution in [1.82, 2.24) is 0 Å². The summed E-state index contributed by atoms with van der Waals surface area (Å²) in [6, 6.07) is 21.1. The molecule has 29 heavy (non-hydrogen) atoms. The van der Waals surface area contributed by atoms with Crippen LogP contribution >= 0.6 is 0 Å². The lowest BCUT2D eigenvalue weighted by molar-refractivity contribution is -0.134. The third kappa shape index (κ3) is 5.46. The van der Waals surface area contributed by atoms with Crippen molar-refractivity contribution in [2.24, 2.45) is 0 Å². The van der Waals surface area contributed by atoms with Gasteiger partial charge in [-0.1, -0.05) is 18.2 Å². The zero-order valence-electron chi connectivity index (χ0n) is 15.8. The summed E-state index contributed by atoms with van der Waals surface area (Å²) in [5.74, 6) is 0.504. The molecule has 6 heteroatoms. The zero-order chi connectivity index (χ0) is 20.6. The molecule has 0 heterocycles. The predicted octanol–water partition coefficient (Wildman–Crippen LogP) is 4.50. The molecule has 0 bridgehead atoms. The molecule has 0 saturated heterocycles. The van der Waals surface area contributed by atoms with Gasteiger partial charge in [0.05, 0.1) is 7.11 Å². The van der Waals surface area contributed by atoms with Crippen LogP contribution in [0.3, 0.4) is 0 Å². The molecule has 0 unspecified atom stereocenters. The summed E-state index contributed by atoms with van der Waals surface area (Å²) in [5.41, 5.74) is 8.32. The molecule has 3 rings (SSSR count). The number of anilines is 2. The molecule has 0 aliphatic rings. The number of nitrogen functional groups attached to an aromatic ring is 1. The van der Waals surface area contributed by atoms with Crippen molar-refractivity contribution in [2.75, 3.05) is 18.2 Å². The lowest BCUT2D eigenvalue weighted by Crippen LogP contribution is -2.11. The van der Waals surface area contributed by atoms with Crippen LogP contribution in [0, 0.1) is 0 Å². The highest BCUT2D eigenvalue weighted by molar-refractivity contribution is 6.04. The average Bonchev–Trinajstić information content (AvgIpc) is 2.75. The van der Waals surface area contributed by atoms with Gasteiger partial charge < -0.3 is 20.5 Å². The van der Waals surface area contributed by atoms with Gasteiger partial charge in [0.1, 0.15) is 11.5 Å². The van der Waals surface area contributed by atoms with Gasteiger partial charge in [0.2, 0.25) is 0 Å². The summed E-state index contributed by atoms with van der Waals surface area (Å²) < 4.78 is 10.4. The van der Waals surface area contributed by atoms with Gasteiger partial charge in [-0.25, -0.2) is 4.79 Å². The molecular weight excluding hydrogens is 368 g/mol. The van der Waals surface area contributed by atoms with E-state index in [1.54, 1.807) is 60.7 Å². The van der Waals surface area contributed by atoms with Crippen LogP contribution in [0.25, 0.3) is 6.08 Å². The summed E-state index contributed by atoms with van der Waals surface area (Å²) >= 11 is 0. The highest BCUT2D eigenvalue weighted by atomic mass is 16.5. The lowest BCUT2D eigenvalue weighted by Gasteiger charge is -2.10. The van der Waals surface area contributed by atoms with Gasteiger partial charge in [-0.05, 0) is 60.7 Å². The first-order chi connectivity index (χ1) is 14.0. The number of ether oxygens (including phenoxy) is 2. The van der Waals surface area contributed by atoms with E-state index in [1.165, 1.54) is 13.2 Å². The van der Waals surface area contributed by atoms with E-state index in [0.717, 1.165) is 0 Å². The molecule has 3 N–H and O–H groups in total. The number of carbonyl (C=O) groups excluding carboxylic acids is 2. The number of esters is 1. The van der Waals surface area contributed by atoms with Gasteiger partial charge >= 0.3 is 5.97 Å². The molecule has 146 valence electrons. The second kappa shape index (κ2) is 9.23. The van der Waals surface area contributed by atoms with Crippen LogP contribution in [0.4, 0.5) is 11.4 Å². The molecule has 0 fully saturated rings. The van der Waals surface area contributed by atoms with Crippen LogP contribution in [0.5, 0.6) is 11.5 Å². The second-order valence-corrected chi connectivity index (χ2v) is 6.09. The first kappa shape index (κ1) is 19.7. The van der Waals surface area contributed by atoms with E-state index >= 15 is 0 Å². The van der Waals surface area contributed by atoms with Gasteiger partial charge in [-0.2, -0.15) is 0 Å². The largest absolute Gasteiger partial charge is 0.466 e. The number of hydrogen-bond donors (Lipinski definition) is 2. The van der Waals surface area contributed by atoms with Crippen molar-refractivity contribution in [3.63, 3.8) is 0 Å². The molecule has 3 aromatic carbocycles. The Morgan fingerprint density at radius 2 is 1.62 bits per heavy atom. The molecule has 0 saturated carbocycles. The van der Waals surface area contributed by atoms with Crippen LogP contribution < -0.4 is 15.8 Å². The number of carbonyl (C=O) groups is 2. The van der Waals surface area contributed by atoms with Crippen molar-refractivity contribution in [2.45, 2.75) is 0 Å². The van der Waals surface area contributed by atoms with Crippen molar-refractivity contribution < 1.29 is 19.1 Å². The fraction of sp³-hybridized carbons (Fsp3) is 0.0435. The fourth-order valence-electron chi connectivity index (χ4n) is 2.52. The molecule has 3 aromatic rings. The molecule has 0 atom stereocenters. The minimum atomic E-state index is -0.469. The number of hydrogen-bond acceptors (Lipinski definition) is 5. The smallest absolute Gasteiger partial charge is 0.330 e. The third-order valence-electron chi connectivity index (χ3n) is 4.04. The van der Waals surface area contributed by atoms with E-state index in [1.807, 2.05) is 18.2 Å². The van der Waals surface area contributed by atoms with E-state index in [0.29, 0.717) is 34.0 Å². The van der Waals surface area contributed by atoms with Crippen LogP contribution in [0.2, 0.25) is 0 Å². The molecule has 0 aliphatic carbocycles. The van der Waals surface area contributed by atoms with Gasteiger partial charge in [-0.3, -0.25) is 4.79 Å². The number of nitrogens with two attached hydrogens (primary N) is 1. The van der Waals surface area contributed by atoms with E-state index < -0.39 is 5.97 Å². The summed E-state index contributed by atoms with van der Waals surface area (Å²) in [4.78, 5) is 23.5. The van der Waals surface area contributed by atoms with E-state index in [-0.39, 0.29) is 5.91 Å². The van der Waals surface area contributed by atoms with Crippen LogP contribution in [0.1, 0.15) is 15.9 Å². The van der Waals surface area contributed by atoms with Gasteiger partial charge in [-0.15, -0.1) is 0 Å². The lowest BCUT2D eigenvalue weighted by atomic mass is 10.1. The first-order valence-electron chi connectivity index (χ1n) is 8.85. The number of rotatable bonds is 6. The van der Waals surface area contributed by atoms with Gasteiger partial charge in [0.25, 0.3) is 5.91 Å². The Morgan fingerprint density at radius 3 is 2.31 bits per heavy atom. The van der Waals surface area contributed by atoms with Gasteiger partial charge in [0, 0.05) is 28.6 Å². The van der Waals surface area contributed by atoms with Crippen LogP contribution in [-0.2, 0) is 9.53 Å². The Kier molecular flexibility index (Phi) is 6.27. The molecule has 6 nitrogen and oxygen atoms in total. The van der Waals surface area contributed by atoms with E-state index in [2.05, 4.69) is 10.1 Å². The molecule has 1 amide bonds. The Hall–Kier alpha value is -4.06. The van der Waals surface area contributed by atoms with Crippen molar-refractivity contribution in [3.05, 3.63) is 90.0 Å². The maximum absolute atomic E-state index is 12.2. The first-order valence-corrected chi connectivity index (χ1v) is 8.85. The Labute approximate surface area is 168 Å². The van der Waals surface area contributed by atoms with Crippen molar-refractivity contribution in [3.8, 4) is 11.5 Å². The number of amides is 1. The maximum atomic E-state index is 12.2. The monoisotopic (exact) mass is 388 g/mol. The number of methoxy groups -OCH3 is 1.